The molecule has 0 bridgehead atoms. The van der Waals surface area contributed by atoms with Gasteiger partial charge >= 0.3 is 0 Å². The number of carbonyl (C=O) groups is 1. The van der Waals surface area contributed by atoms with Crippen LogP contribution in [0.2, 0.25) is 0 Å². The van der Waals surface area contributed by atoms with Gasteiger partial charge < -0.3 is 4.90 Å². The molecule has 2 heteroatoms. The molecule has 0 aromatic rings. The first-order valence-corrected chi connectivity index (χ1v) is 8.99. The lowest BCUT2D eigenvalue weighted by Crippen LogP contribution is -2.33. The maximum Gasteiger partial charge on any atom is 0.223 e. The van der Waals surface area contributed by atoms with Crippen molar-refractivity contribution in [2.45, 2.75) is 84.0 Å². The molecule has 0 saturated heterocycles. The van der Waals surface area contributed by atoms with Crippen molar-refractivity contribution in [3.63, 3.8) is 0 Å². The average Bonchev–Trinajstić information content (AvgIpc) is 3.29. The summed E-state index contributed by atoms with van der Waals surface area (Å²) in [4.78, 5) is 14.0. The molecule has 1 aliphatic rings. The lowest BCUT2D eigenvalue weighted by molar-refractivity contribution is -0.130. The molecule has 21 heavy (non-hydrogen) atoms. The van der Waals surface area contributed by atoms with E-state index in [9.17, 15) is 4.79 Å². The van der Waals surface area contributed by atoms with Crippen LogP contribution in [0.3, 0.4) is 0 Å². The first-order chi connectivity index (χ1) is 10.3. The lowest BCUT2D eigenvalue weighted by Gasteiger charge is -2.20. The SMILES string of the molecule is C#CCN(CC1CC1)C(=O)CCCCCCCCCCC. The number of carbonyl (C=O) groups excluding carboxylic acids is 1. The highest BCUT2D eigenvalue weighted by Crippen LogP contribution is 2.29. The topological polar surface area (TPSA) is 20.3 Å². The van der Waals surface area contributed by atoms with E-state index < -0.39 is 0 Å². The Morgan fingerprint density at radius 2 is 1.62 bits per heavy atom. The van der Waals surface area contributed by atoms with Gasteiger partial charge in [-0.25, -0.2) is 0 Å². The van der Waals surface area contributed by atoms with Crippen LogP contribution in [-0.2, 0) is 4.79 Å². The second kappa shape index (κ2) is 11.7. The van der Waals surface area contributed by atoms with Crippen molar-refractivity contribution < 1.29 is 4.79 Å². The minimum atomic E-state index is 0.266. The van der Waals surface area contributed by atoms with E-state index in [4.69, 9.17) is 6.42 Å². The molecule has 1 rings (SSSR count). The van der Waals surface area contributed by atoms with E-state index in [0.29, 0.717) is 13.0 Å². The fourth-order valence-electron chi connectivity index (χ4n) is 2.72. The number of terminal acetylenes is 1. The van der Waals surface area contributed by atoms with Crippen molar-refractivity contribution in [2.24, 2.45) is 5.92 Å². The molecule has 0 unspecified atom stereocenters. The molecule has 1 aliphatic carbocycles. The van der Waals surface area contributed by atoms with Crippen molar-refractivity contribution >= 4 is 5.91 Å². The molecule has 1 saturated carbocycles. The van der Waals surface area contributed by atoms with Gasteiger partial charge in [0.25, 0.3) is 0 Å². The van der Waals surface area contributed by atoms with Crippen molar-refractivity contribution in [2.75, 3.05) is 13.1 Å². The zero-order valence-corrected chi connectivity index (χ0v) is 13.9. The zero-order chi connectivity index (χ0) is 15.3. The Labute approximate surface area is 131 Å². The molecule has 1 amide bonds. The van der Waals surface area contributed by atoms with Crippen LogP contribution in [0.5, 0.6) is 0 Å². The van der Waals surface area contributed by atoms with E-state index in [0.717, 1.165) is 18.9 Å². The molecule has 0 aromatic carbocycles. The number of unbranched alkanes of at least 4 members (excludes halogenated alkanes) is 8. The van der Waals surface area contributed by atoms with Crippen LogP contribution < -0.4 is 0 Å². The summed E-state index contributed by atoms with van der Waals surface area (Å²) in [5.41, 5.74) is 0. The van der Waals surface area contributed by atoms with Crippen molar-refractivity contribution in [1.82, 2.24) is 4.90 Å². The summed E-state index contributed by atoms with van der Waals surface area (Å²) in [6.07, 6.45) is 20.2. The third kappa shape index (κ3) is 9.56. The Hall–Kier alpha value is -0.970. The Morgan fingerprint density at radius 1 is 1.05 bits per heavy atom. The summed E-state index contributed by atoms with van der Waals surface area (Å²) in [5, 5.41) is 0. The highest BCUT2D eigenvalue weighted by Gasteiger charge is 2.25. The third-order valence-electron chi connectivity index (χ3n) is 4.30. The van der Waals surface area contributed by atoms with Gasteiger partial charge in [0.15, 0.2) is 0 Å². The summed E-state index contributed by atoms with van der Waals surface area (Å²) in [7, 11) is 0. The maximum atomic E-state index is 12.1. The van der Waals surface area contributed by atoms with Gasteiger partial charge in [0.2, 0.25) is 5.91 Å². The van der Waals surface area contributed by atoms with Crippen LogP contribution in [0, 0.1) is 18.3 Å². The van der Waals surface area contributed by atoms with Gasteiger partial charge in [0.1, 0.15) is 0 Å². The zero-order valence-electron chi connectivity index (χ0n) is 13.9. The van der Waals surface area contributed by atoms with E-state index in [-0.39, 0.29) is 5.91 Å². The van der Waals surface area contributed by atoms with Gasteiger partial charge in [-0.1, -0.05) is 64.2 Å². The van der Waals surface area contributed by atoms with E-state index in [1.54, 1.807) is 0 Å². The molecule has 0 atom stereocenters. The number of hydrogen-bond donors (Lipinski definition) is 0. The lowest BCUT2D eigenvalue weighted by atomic mass is 10.1. The Morgan fingerprint density at radius 3 is 2.14 bits per heavy atom. The first kappa shape index (κ1) is 18.1. The quantitative estimate of drug-likeness (QED) is 0.353. The monoisotopic (exact) mass is 291 g/mol. The number of nitrogens with zero attached hydrogens (tertiary/aromatic N) is 1. The smallest absolute Gasteiger partial charge is 0.223 e. The largest absolute Gasteiger partial charge is 0.331 e. The third-order valence-corrected chi connectivity index (χ3v) is 4.30. The summed E-state index contributed by atoms with van der Waals surface area (Å²) in [6, 6.07) is 0. The number of amides is 1. The Balaban J connectivity index is 1.97. The highest BCUT2D eigenvalue weighted by molar-refractivity contribution is 5.76. The second-order valence-electron chi connectivity index (χ2n) is 6.50. The summed E-state index contributed by atoms with van der Waals surface area (Å²) >= 11 is 0. The van der Waals surface area contributed by atoms with Crippen LogP contribution in [-0.4, -0.2) is 23.9 Å². The van der Waals surface area contributed by atoms with Gasteiger partial charge in [-0.3, -0.25) is 4.79 Å². The molecule has 120 valence electrons. The average molecular weight is 291 g/mol. The first-order valence-electron chi connectivity index (χ1n) is 8.99. The minimum absolute atomic E-state index is 0.266. The minimum Gasteiger partial charge on any atom is -0.331 e. The standard InChI is InChI=1S/C19H33NO/c1-3-5-6-7-8-9-10-11-12-13-19(21)20(16-4-2)17-18-14-15-18/h2,18H,3,5-17H2,1H3. The molecule has 0 heterocycles. The molecule has 0 aromatic heterocycles. The predicted octanol–water partition coefficient (Wildman–Crippen LogP) is 4.78. The summed E-state index contributed by atoms with van der Waals surface area (Å²) < 4.78 is 0. The molecular weight excluding hydrogens is 258 g/mol. The van der Waals surface area contributed by atoms with Gasteiger partial charge in [-0.15, -0.1) is 6.42 Å². The van der Waals surface area contributed by atoms with E-state index >= 15 is 0 Å². The highest BCUT2D eigenvalue weighted by atomic mass is 16.2. The predicted molar refractivity (Wildman–Crippen MR) is 90.0 cm³/mol. The fraction of sp³-hybridized carbons (Fsp3) is 0.842. The van der Waals surface area contributed by atoms with Crippen molar-refractivity contribution in [3.8, 4) is 12.3 Å². The van der Waals surface area contributed by atoms with Gasteiger partial charge in [-0.2, -0.15) is 0 Å². The van der Waals surface area contributed by atoms with Gasteiger partial charge in [0, 0.05) is 13.0 Å². The maximum absolute atomic E-state index is 12.1. The van der Waals surface area contributed by atoms with Gasteiger partial charge in [-0.05, 0) is 25.2 Å². The molecule has 1 fully saturated rings. The molecule has 0 aliphatic heterocycles. The number of rotatable bonds is 13. The van der Waals surface area contributed by atoms with Gasteiger partial charge in [0.05, 0.1) is 6.54 Å². The summed E-state index contributed by atoms with van der Waals surface area (Å²) in [5.74, 6) is 3.62. The number of hydrogen-bond acceptors (Lipinski definition) is 1. The van der Waals surface area contributed by atoms with Crippen LogP contribution in [0.25, 0.3) is 0 Å². The van der Waals surface area contributed by atoms with E-state index in [2.05, 4.69) is 12.8 Å². The molecule has 2 nitrogen and oxygen atoms in total. The fourth-order valence-corrected chi connectivity index (χ4v) is 2.72. The summed E-state index contributed by atoms with van der Waals surface area (Å²) in [6.45, 7) is 3.64. The Kier molecular flexibility index (Phi) is 10.0. The molecule has 0 radical (unpaired) electrons. The van der Waals surface area contributed by atoms with Crippen LogP contribution in [0.15, 0.2) is 0 Å². The normalized spacial score (nSPS) is 13.9. The van der Waals surface area contributed by atoms with Crippen molar-refractivity contribution in [1.29, 1.82) is 0 Å². The molecular formula is C19H33NO. The van der Waals surface area contributed by atoms with Crippen LogP contribution in [0.4, 0.5) is 0 Å². The van der Waals surface area contributed by atoms with E-state index in [1.165, 1.54) is 64.2 Å². The van der Waals surface area contributed by atoms with Crippen LogP contribution in [0.1, 0.15) is 84.0 Å². The Bertz CT molecular complexity index is 314. The van der Waals surface area contributed by atoms with Crippen LogP contribution >= 0.6 is 0 Å². The molecule has 0 N–H and O–H groups in total. The van der Waals surface area contributed by atoms with Crippen molar-refractivity contribution in [3.05, 3.63) is 0 Å². The second-order valence-corrected chi connectivity index (χ2v) is 6.50. The van der Waals surface area contributed by atoms with E-state index in [1.807, 2.05) is 4.90 Å². The molecule has 0 spiro atoms.